The molecular weight excluding hydrogens is 392 g/mol. The molecule has 3 rings (SSSR count). The summed E-state index contributed by atoms with van der Waals surface area (Å²) >= 11 is 0. The van der Waals surface area contributed by atoms with E-state index in [1.165, 1.54) is 0 Å². The number of hydrogen-bond acceptors (Lipinski definition) is 5. The molecule has 0 spiro atoms. The van der Waals surface area contributed by atoms with Crippen molar-refractivity contribution in [1.29, 1.82) is 0 Å². The topological polar surface area (TPSA) is 69.6 Å². The molecule has 2 aromatic carbocycles. The van der Waals surface area contributed by atoms with Crippen molar-refractivity contribution in [2.24, 2.45) is 4.99 Å². The van der Waals surface area contributed by atoms with Gasteiger partial charge in [0.05, 0.1) is 18.8 Å². The van der Waals surface area contributed by atoms with Crippen LogP contribution in [0.15, 0.2) is 53.5 Å². The van der Waals surface area contributed by atoms with Crippen LogP contribution in [-0.4, -0.2) is 69.0 Å². The molecule has 7 nitrogen and oxygen atoms in total. The molecule has 31 heavy (non-hydrogen) atoms. The first-order chi connectivity index (χ1) is 15.2. The van der Waals surface area contributed by atoms with E-state index >= 15 is 0 Å². The standard InChI is InChI=1S/C24H34N4O3/c1-3-25-24(26-19-20-8-6-9-21(18-20)31-17-7-16-30-2)28-14-12-27(13-15-28)22-10-4-5-11-23(22)29/h4-6,8-11,18,29H,3,7,12-17,19H2,1-2H3,(H,25,26). The van der Waals surface area contributed by atoms with Crippen molar-refractivity contribution in [3.05, 3.63) is 54.1 Å². The summed E-state index contributed by atoms with van der Waals surface area (Å²) < 4.78 is 10.9. The summed E-state index contributed by atoms with van der Waals surface area (Å²) in [6.45, 7) is 8.23. The number of aliphatic imine (C=N–C) groups is 1. The van der Waals surface area contributed by atoms with Gasteiger partial charge >= 0.3 is 0 Å². The van der Waals surface area contributed by atoms with Gasteiger partial charge in [0.1, 0.15) is 11.5 Å². The van der Waals surface area contributed by atoms with Gasteiger partial charge in [-0.15, -0.1) is 0 Å². The molecule has 2 N–H and O–H groups in total. The van der Waals surface area contributed by atoms with E-state index in [-0.39, 0.29) is 0 Å². The van der Waals surface area contributed by atoms with Gasteiger partial charge in [0.25, 0.3) is 0 Å². The normalized spacial score (nSPS) is 14.6. The van der Waals surface area contributed by atoms with Crippen molar-refractivity contribution in [2.45, 2.75) is 19.9 Å². The zero-order valence-electron chi connectivity index (χ0n) is 18.6. The fourth-order valence-corrected chi connectivity index (χ4v) is 3.61. The van der Waals surface area contributed by atoms with Crippen LogP contribution in [0.2, 0.25) is 0 Å². The van der Waals surface area contributed by atoms with Gasteiger partial charge in [0.2, 0.25) is 0 Å². The molecule has 1 aliphatic rings. The highest BCUT2D eigenvalue weighted by Gasteiger charge is 2.21. The van der Waals surface area contributed by atoms with Gasteiger partial charge in [0.15, 0.2) is 5.96 Å². The van der Waals surface area contributed by atoms with Gasteiger partial charge in [-0.3, -0.25) is 0 Å². The number of piperazine rings is 1. The molecule has 0 amide bonds. The highest BCUT2D eigenvalue weighted by atomic mass is 16.5. The number of methoxy groups -OCH3 is 1. The molecular formula is C24H34N4O3. The Morgan fingerprint density at radius 3 is 2.61 bits per heavy atom. The van der Waals surface area contributed by atoms with Crippen LogP contribution in [0.4, 0.5) is 5.69 Å². The Hall–Kier alpha value is -2.93. The quantitative estimate of drug-likeness (QED) is 0.365. The number of hydrogen-bond donors (Lipinski definition) is 2. The maximum absolute atomic E-state index is 10.1. The molecule has 1 aliphatic heterocycles. The number of para-hydroxylation sites is 2. The molecule has 1 heterocycles. The number of benzene rings is 2. The lowest BCUT2D eigenvalue weighted by Gasteiger charge is -2.37. The fourth-order valence-electron chi connectivity index (χ4n) is 3.61. The first kappa shape index (κ1) is 22.7. The second kappa shape index (κ2) is 12.1. The molecule has 1 fully saturated rings. The largest absolute Gasteiger partial charge is 0.506 e. The molecule has 0 aliphatic carbocycles. The predicted molar refractivity (Wildman–Crippen MR) is 125 cm³/mol. The third-order valence-electron chi connectivity index (χ3n) is 5.21. The SMILES string of the molecule is CCNC(=NCc1cccc(OCCCOC)c1)N1CCN(c2ccccc2O)CC1. The highest BCUT2D eigenvalue weighted by molar-refractivity contribution is 5.80. The molecule has 0 bridgehead atoms. The molecule has 0 radical (unpaired) electrons. The maximum Gasteiger partial charge on any atom is 0.194 e. The van der Waals surface area contributed by atoms with E-state index in [0.29, 0.717) is 25.5 Å². The molecule has 168 valence electrons. The lowest BCUT2D eigenvalue weighted by molar-refractivity contribution is 0.172. The van der Waals surface area contributed by atoms with Gasteiger partial charge in [-0.1, -0.05) is 24.3 Å². The van der Waals surface area contributed by atoms with Crippen molar-refractivity contribution >= 4 is 11.6 Å². The average Bonchev–Trinajstić information content (AvgIpc) is 2.80. The number of ether oxygens (including phenoxy) is 2. The summed E-state index contributed by atoms with van der Waals surface area (Å²) in [4.78, 5) is 9.37. The van der Waals surface area contributed by atoms with Crippen molar-refractivity contribution in [3.63, 3.8) is 0 Å². The van der Waals surface area contributed by atoms with Gasteiger partial charge in [0, 0.05) is 52.9 Å². The summed E-state index contributed by atoms with van der Waals surface area (Å²) in [7, 11) is 1.70. The monoisotopic (exact) mass is 426 g/mol. The van der Waals surface area contributed by atoms with E-state index in [4.69, 9.17) is 14.5 Å². The lowest BCUT2D eigenvalue weighted by Crippen LogP contribution is -2.52. The van der Waals surface area contributed by atoms with Crippen LogP contribution in [0.3, 0.4) is 0 Å². The van der Waals surface area contributed by atoms with Gasteiger partial charge in [-0.25, -0.2) is 4.99 Å². The van der Waals surface area contributed by atoms with E-state index in [9.17, 15) is 5.11 Å². The third kappa shape index (κ3) is 6.79. The molecule has 2 aromatic rings. The Morgan fingerprint density at radius 2 is 1.87 bits per heavy atom. The van der Waals surface area contributed by atoms with Crippen LogP contribution in [0, 0.1) is 0 Å². The smallest absolute Gasteiger partial charge is 0.194 e. The van der Waals surface area contributed by atoms with E-state index < -0.39 is 0 Å². The zero-order valence-corrected chi connectivity index (χ0v) is 18.6. The minimum Gasteiger partial charge on any atom is -0.506 e. The Bertz CT molecular complexity index is 835. The first-order valence-electron chi connectivity index (χ1n) is 11.0. The summed E-state index contributed by atoms with van der Waals surface area (Å²) in [5, 5.41) is 13.5. The third-order valence-corrected chi connectivity index (χ3v) is 5.21. The summed E-state index contributed by atoms with van der Waals surface area (Å²) in [6, 6.07) is 15.6. The number of phenolic OH excluding ortho intramolecular Hbond substituents is 1. The molecule has 1 saturated heterocycles. The minimum atomic E-state index is 0.334. The molecule has 0 unspecified atom stereocenters. The average molecular weight is 427 g/mol. The van der Waals surface area contributed by atoms with Crippen molar-refractivity contribution < 1.29 is 14.6 Å². The van der Waals surface area contributed by atoms with Crippen LogP contribution >= 0.6 is 0 Å². The Morgan fingerprint density at radius 1 is 1.06 bits per heavy atom. The number of nitrogens with one attached hydrogen (secondary N) is 1. The van der Waals surface area contributed by atoms with E-state index in [1.807, 2.05) is 30.3 Å². The Balaban J connectivity index is 1.58. The molecule has 0 aromatic heterocycles. The van der Waals surface area contributed by atoms with Crippen molar-refractivity contribution in [1.82, 2.24) is 10.2 Å². The van der Waals surface area contributed by atoms with Crippen LogP contribution in [0.5, 0.6) is 11.5 Å². The van der Waals surface area contributed by atoms with E-state index in [0.717, 1.165) is 62.1 Å². The number of anilines is 1. The van der Waals surface area contributed by atoms with Crippen LogP contribution in [-0.2, 0) is 11.3 Å². The van der Waals surface area contributed by atoms with Crippen LogP contribution in [0.25, 0.3) is 0 Å². The lowest BCUT2D eigenvalue weighted by atomic mass is 10.2. The second-order valence-corrected chi connectivity index (χ2v) is 7.48. The van der Waals surface area contributed by atoms with Crippen molar-refractivity contribution in [3.8, 4) is 11.5 Å². The molecule has 0 atom stereocenters. The number of phenols is 1. The van der Waals surface area contributed by atoms with Crippen LogP contribution < -0.4 is 15.0 Å². The van der Waals surface area contributed by atoms with Crippen molar-refractivity contribution in [2.75, 3.05) is 57.9 Å². The molecule has 0 saturated carbocycles. The summed E-state index contributed by atoms with van der Waals surface area (Å²) in [6.07, 6.45) is 0.871. The van der Waals surface area contributed by atoms with Gasteiger partial charge in [-0.05, 0) is 36.8 Å². The number of nitrogens with zero attached hydrogens (tertiary/aromatic N) is 3. The van der Waals surface area contributed by atoms with E-state index in [1.54, 1.807) is 13.2 Å². The summed E-state index contributed by atoms with van der Waals surface area (Å²) in [5.41, 5.74) is 2.01. The summed E-state index contributed by atoms with van der Waals surface area (Å²) in [5.74, 6) is 2.12. The number of guanidine groups is 1. The second-order valence-electron chi connectivity index (χ2n) is 7.48. The maximum atomic E-state index is 10.1. The predicted octanol–water partition coefficient (Wildman–Crippen LogP) is 3.10. The highest BCUT2D eigenvalue weighted by Crippen LogP contribution is 2.27. The minimum absolute atomic E-state index is 0.334. The Kier molecular flexibility index (Phi) is 8.84. The Labute approximate surface area is 185 Å². The van der Waals surface area contributed by atoms with E-state index in [2.05, 4.69) is 34.2 Å². The molecule has 7 heteroatoms. The fraction of sp³-hybridized carbons (Fsp3) is 0.458. The van der Waals surface area contributed by atoms with Gasteiger partial charge in [-0.2, -0.15) is 0 Å². The zero-order chi connectivity index (χ0) is 21.9. The number of aromatic hydroxyl groups is 1. The van der Waals surface area contributed by atoms with Crippen LogP contribution in [0.1, 0.15) is 18.9 Å². The number of rotatable bonds is 9. The van der Waals surface area contributed by atoms with Gasteiger partial charge < -0.3 is 29.7 Å². The first-order valence-corrected chi connectivity index (χ1v) is 11.0.